The molecule has 8 heteroatoms. The van der Waals surface area contributed by atoms with E-state index in [-0.39, 0.29) is 0 Å². The first-order valence-corrected chi connectivity index (χ1v) is 11.6. The van der Waals surface area contributed by atoms with E-state index in [1.807, 2.05) is 24.3 Å². The summed E-state index contributed by atoms with van der Waals surface area (Å²) in [7, 11) is 0. The summed E-state index contributed by atoms with van der Waals surface area (Å²) < 4.78 is 5.64. The molecule has 172 valence electrons. The SMILES string of the molecule is CC(OC(=O)c1c2c(nc3ccccc13)CCN(C(C)C)C2)C(=O)Nc1cc(Cl)ccc1Cl. The third-order valence-corrected chi connectivity index (χ3v) is 6.41. The Morgan fingerprint density at radius 3 is 2.64 bits per heavy atom. The third-order valence-electron chi connectivity index (χ3n) is 5.85. The standard InChI is InChI=1S/C25H25Cl2N3O3/c1-14(2)30-11-10-21-18(13-30)23(17-6-4-5-7-20(17)28-21)25(32)33-15(3)24(31)29-22-12-16(26)8-9-19(22)27/h4-9,12,14-15H,10-11,13H2,1-3H3,(H,29,31). The van der Waals surface area contributed by atoms with E-state index >= 15 is 0 Å². The van der Waals surface area contributed by atoms with Gasteiger partial charge >= 0.3 is 5.97 Å². The summed E-state index contributed by atoms with van der Waals surface area (Å²) in [5.74, 6) is -1.04. The van der Waals surface area contributed by atoms with Gasteiger partial charge in [0.2, 0.25) is 0 Å². The topological polar surface area (TPSA) is 71.5 Å². The lowest BCUT2D eigenvalue weighted by atomic mass is 9.95. The highest BCUT2D eigenvalue weighted by molar-refractivity contribution is 6.35. The summed E-state index contributed by atoms with van der Waals surface area (Å²) in [6.07, 6.45) is -0.290. The van der Waals surface area contributed by atoms with Crippen LogP contribution in [-0.4, -0.2) is 40.5 Å². The number of para-hydroxylation sites is 1. The van der Waals surface area contributed by atoms with E-state index in [4.69, 9.17) is 32.9 Å². The number of amides is 1. The molecular weight excluding hydrogens is 461 g/mol. The van der Waals surface area contributed by atoms with Crippen molar-refractivity contribution in [3.63, 3.8) is 0 Å². The molecule has 1 aliphatic rings. The molecule has 0 saturated heterocycles. The molecule has 4 rings (SSSR count). The van der Waals surface area contributed by atoms with E-state index in [9.17, 15) is 9.59 Å². The maximum absolute atomic E-state index is 13.4. The number of ether oxygens (including phenoxy) is 1. The smallest absolute Gasteiger partial charge is 0.339 e. The van der Waals surface area contributed by atoms with Crippen LogP contribution < -0.4 is 5.32 Å². The Morgan fingerprint density at radius 2 is 1.88 bits per heavy atom. The number of anilines is 1. The fourth-order valence-electron chi connectivity index (χ4n) is 3.99. The van der Waals surface area contributed by atoms with Crippen LogP contribution in [0.5, 0.6) is 0 Å². The van der Waals surface area contributed by atoms with Gasteiger partial charge in [-0.05, 0) is 45.0 Å². The summed E-state index contributed by atoms with van der Waals surface area (Å²) in [6, 6.07) is 12.6. The Hall–Kier alpha value is -2.67. The van der Waals surface area contributed by atoms with Crippen molar-refractivity contribution in [1.29, 1.82) is 0 Å². The van der Waals surface area contributed by atoms with Gasteiger partial charge in [0.15, 0.2) is 6.10 Å². The van der Waals surface area contributed by atoms with Crippen LogP contribution in [0.2, 0.25) is 10.0 Å². The predicted molar refractivity (Wildman–Crippen MR) is 131 cm³/mol. The summed E-state index contributed by atoms with van der Waals surface area (Å²) >= 11 is 12.1. The van der Waals surface area contributed by atoms with E-state index in [0.717, 1.165) is 35.1 Å². The van der Waals surface area contributed by atoms with Crippen molar-refractivity contribution in [2.75, 3.05) is 11.9 Å². The van der Waals surface area contributed by atoms with Crippen LogP contribution in [0, 0.1) is 0 Å². The fraction of sp³-hybridized carbons (Fsp3) is 0.320. The first-order chi connectivity index (χ1) is 15.7. The summed E-state index contributed by atoms with van der Waals surface area (Å²) in [4.78, 5) is 33.2. The summed E-state index contributed by atoms with van der Waals surface area (Å²) in [5, 5.41) is 4.17. The van der Waals surface area contributed by atoms with Gasteiger partial charge < -0.3 is 10.1 Å². The van der Waals surface area contributed by atoms with Crippen molar-refractivity contribution in [3.05, 3.63) is 69.3 Å². The van der Waals surface area contributed by atoms with E-state index in [2.05, 4.69) is 24.1 Å². The number of hydrogen-bond acceptors (Lipinski definition) is 5. The van der Waals surface area contributed by atoms with Gasteiger partial charge in [0.1, 0.15) is 0 Å². The first-order valence-electron chi connectivity index (χ1n) is 10.9. The van der Waals surface area contributed by atoms with E-state index < -0.39 is 18.0 Å². The Morgan fingerprint density at radius 1 is 1.12 bits per heavy atom. The monoisotopic (exact) mass is 485 g/mol. The lowest BCUT2D eigenvalue weighted by Crippen LogP contribution is -2.37. The Kier molecular flexibility index (Phi) is 6.88. The minimum Gasteiger partial charge on any atom is -0.449 e. The van der Waals surface area contributed by atoms with E-state index in [0.29, 0.717) is 33.9 Å². The maximum Gasteiger partial charge on any atom is 0.339 e. The van der Waals surface area contributed by atoms with Crippen molar-refractivity contribution >= 4 is 51.7 Å². The number of nitrogens with one attached hydrogen (secondary N) is 1. The first kappa shape index (κ1) is 23.5. The van der Waals surface area contributed by atoms with Gasteiger partial charge in [0.05, 0.1) is 21.8 Å². The molecule has 0 bridgehead atoms. The number of carbonyl (C=O) groups excluding carboxylic acids is 2. The highest BCUT2D eigenvalue weighted by Gasteiger charge is 2.29. The number of esters is 1. The third kappa shape index (κ3) is 4.98. The molecule has 0 aliphatic carbocycles. The molecule has 6 nitrogen and oxygen atoms in total. The molecule has 0 radical (unpaired) electrons. The second kappa shape index (κ2) is 9.67. The molecule has 1 amide bonds. The molecule has 2 aromatic carbocycles. The molecule has 1 aromatic heterocycles. The van der Waals surface area contributed by atoms with Gasteiger partial charge in [0.25, 0.3) is 5.91 Å². The lowest BCUT2D eigenvalue weighted by Gasteiger charge is -2.32. The molecule has 2 heterocycles. The van der Waals surface area contributed by atoms with Crippen molar-refractivity contribution in [1.82, 2.24) is 9.88 Å². The highest BCUT2D eigenvalue weighted by atomic mass is 35.5. The minimum absolute atomic E-state index is 0.334. The van der Waals surface area contributed by atoms with E-state index in [1.165, 1.54) is 6.92 Å². The second-order valence-corrected chi connectivity index (χ2v) is 9.25. The average Bonchev–Trinajstić information content (AvgIpc) is 2.79. The van der Waals surface area contributed by atoms with Crippen molar-refractivity contribution < 1.29 is 14.3 Å². The van der Waals surface area contributed by atoms with Crippen LogP contribution in [0.1, 0.15) is 42.4 Å². The maximum atomic E-state index is 13.4. The normalized spacial score (nSPS) is 14.7. The van der Waals surface area contributed by atoms with Gasteiger partial charge in [-0.3, -0.25) is 14.7 Å². The summed E-state index contributed by atoms with van der Waals surface area (Å²) in [5.41, 5.74) is 3.34. The molecule has 0 spiro atoms. The van der Waals surface area contributed by atoms with Crippen LogP contribution >= 0.6 is 23.2 Å². The largest absolute Gasteiger partial charge is 0.449 e. The fourth-order valence-corrected chi connectivity index (χ4v) is 4.32. The number of rotatable bonds is 5. The molecule has 1 unspecified atom stereocenters. The molecular formula is C25H25Cl2N3O3. The zero-order valence-corrected chi connectivity index (χ0v) is 20.2. The number of hydrogen-bond donors (Lipinski definition) is 1. The van der Waals surface area contributed by atoms with Crippen LogP contribution in [-0.2, 0) is 22.5 Å². The Labute approximate surface area is 202 Å². The average molecular weight is 486 g/mol. The second-order valence-electron chi connectivity index (χ2n) is 8.40. The number of fused-ring (bicyclic) bond motifs is 2. The molecule has 0 fully saturated rings. The zero-order valence-electron chi connectivity index (χ0n) is 18.7. The molecule has 33 heavy (non-hydrogen) atoms. The number of pyridine rings is 1. The number of carbonyl (C=O) groups is 2. The molecule has 1 N–H and O–H groups in total. The Balaban J connectivity index is 1.63. The van der Waals surface area contributed by atoms with Crippen LogP contribution in [0.4, 0.5) is 5.69 Å². The number of nitrogens with zero attached hydrogens (tertiary/aromatic N) is 2. The zero-order chi connectivity index (χ0) is 23.7. The quantitative estimate of drug-likeness (QED) is 0.483. The van der Waals surface area contributed by atoms with Crippen LogP contribution in [0.3, 0.4) is 0 Å². The summed E-state index contributed by atoms with van der Waals surface area (Å²) in [6.45, 7) is 7.27. The number of aromatic nitrogens is 1. The van der Waals surface area contributed by atoms with Crippen molar-refractivity contribution in [2.45, 2.75) is 45.9 Å². The molecule has 1 atom stereocenters. The van der Waals surface area contributed by atoms with Crippen LogP contribution in [0.25, 0.3) is 10.9 Å². The molecule has 0 saturated carbocycles. The number of halogens is 2. The highest BCUT2D eigenvalue weighted by Crippen LogP contribution is 2.30. The van der Waals surface area contributed by atoms with Gasteiger partial charge in [-0.2, -0.15) is 0 Å². The van der Waals surface area contributed by atoms with Gasteiger partial charge in [0, 0.05) is 47.2 Å². The van der Waals surface area contributed by atoms with Gasteiger partial charge in [-0.1, -0.05) is 41.4 Å². The predicted octanol–water partition coefficient (Wildman–Crippen LogP) is 5.49. The van der Waals surface area contributed by atoms with Crippen molar-refractivity contribution in [2.24, 2.45) is 0 Å². The molecule has 1 aliphatic heterocycles. The Bertz CT molecular complexity index is 1230. The lowest BCUT2D eigenvalue weighted by molar-refractivity contribution is -0.123. The van der Waals surface area contributed by atoms with Gasteiger partial charge in [-0.25, -0.2) is 4.79 Å². The number of benzene rings is 2. The van der Waals surface area contributed by atoms with Gasteiger partial charge in [-0.15, -0.1) is 0 Å². The van der Waals surface area contributed by atoms with Crippen LogP contribution in [0.15, 0.2) is 42.5 Å². The van der Waals surface area contributed by atoms with E-state index in [1.54, 1.807) is 18.2 Å². The molecule has 3 aromatic rings. The minimum atomic E-state index is -1.04. The van der Waals surface area contributed by atoms with Crippen molar-refractivity contribution in [3.8, 4) is 0 Å².